The molecule has 0 amide bonds. The molecule has 0 spiro atoms. The van der Waals surface area contributed by atoms with Gasteiger partial charge in [0.15, 0.2) is 0 Å². The van der Waals surface area contributed by atoms with E-state index in [2.05, 4.69) is 24.0 Å². The third-order valence-corrected chi connectivity index (χ3v) is 7.11. The van der Waals surface area contributed by atoms with Crippen LogP contribution in [0.25, 0.3) is 0 Å². The van der Waals surface area contributed by atoms with Gasteiger partial charge in [0.25, 0.3) is 0 Å². The van der Waals surface area contributed by atoms with E-state index in [1.807, 2.05) is 6.07 Å². The minimum atomic E-state index is -0.871. The zero-order valence-electron chi connectivity index (χ0n) is 14.8. The summed E-state index contributed by atoms with van der Waals surface area (Å²) in [6, 6.07) is 6.18. The normalized spacial score (nSPS) is 42.5. The predicted molar refractivity (Wildman–Crippen MR) is 91.6 cm³/mol. The summed E-state index contributed by atoms with van der Waals surface area (Å²) in [4.78, 5) is 14.8. The quantitative estimate of drug-likeness (QED) is 0.830. The maximum Gasteiger partial charge on any atom is 0.137 e. The Morgan fingerprint density at radius 1 is 1.36 bits per heavy atom. The van der Waals surface area contributed by atoms with Gasteiger partial charge < -0.3 is 14.6 Å². The van der Waals surface area contributed by atoms with Gasteiger partial charge in [0.1, 0.15) is 17.8 Å². The van der Waals surface area contributed by atoms with E-state index < -0.39 is 11.0 Å². The first-order valence-corrected chi connectivity index (χ1v) is 9.31. The Kier molecular flexibility index (Phi) is 3.20. The summed E-state index contributed by atoms with van der Waals surface area (Å²) >= 11 is 0. The summed E-state index contributed by atoms with van der Waals surface area (Å²) in [6.45, 7) is 2.95. The van der Waals surface area contributed by atoms with Crippen LogP contribution in [0.1, 0.15) is 43.7 Å². The first-order valence-electron chi connectivity index (χ1n) is 9.31. The number of carbonyl (C=O) groups is 1. The molecular formula is C20H25NO4. The van der Waals surface area contributed by atoms with E-state index in [-0.39, 0.29) is 24.2 Å². The third kappa shape index (κ3) is 1.97. The highest BCUT2D eigenvalue weighted by molar-refractivity contribution is 5.82. The summed E-state index contributed by atoms with van der Waals surface area (Å²) in [7, 11) is 1.66. The lowest BCUT2D eigenvalue weighted by molar-refractivity contribution is -0.178. The number of likely N-dealkylation sites (tertiary alicyclic amines) is 1. The maximum atomic E-state index is 12.4. The van der Waals surface area contributed by atoms with Crippen LogP contribution in [0.3, 0.4) is 0 Å². The Labute approximate surface area is 147 Å². The molecule has 5 heteroatoms. The van der Waals surface area contributed by atoms with Crippen LogP contribution in [0.2, 0.25) is 0 Å². The second kappa shape index (κ2) is 5.06. The van der Waals surface area contributed by atoms with Crippen molar-refractivity contribution in [3.05, 3.63) is 29.3 Å². The molecule has 2 unspecified atom stereocenters. The molecule has 25 heavy (non-hydrogen) atoms. The number of fused-ring (bicyclic) bond motifs is 1. The molecule has 2 saturated heterocycles. The van der Waals surface area contributed by atoms with Crippen LogP contribution < -0.4 is 4.74 Å². The summed E-state index contributed by atoms with van der Waals surface area (Å²) in [5, 5.41) is 11.9. The smallest absolute Gasteiger partial charge is 0.137 e. The molecule has 4 aliphatic rings. The van der Waals surface area contributed by atoms with Crippen LogP contribution in [0.5, 0.6) is 5.75 Å². The fourth-order valence-corrected chi connectivity index (χ4v) is 5.78. The minimum absolute atomic E-state index is 0.0187. The van der Waals surface area contributed by atoms with Crippen LogP contribution in [-0.4, -0.2) is 53.4 Å². The SMILES string of the molecule is COc1ccc2c(c1)[C@]13CCN(C4OC4C)[C@H](C2)[C@]1(O)CCC(=O)C3. The monoisotopic (exact) mass is 343 g/mol. The number of ether oxygens (including phenoxy) is 2. The molecular weight excluding hydrogens is 318 g/mol. The van der Waals surface area contributed by atoms with Crippen molar-refractivity contribution in [1.29, 1.82) is 0 Å². The standard InChI is InChI=1S/C20H25NO4/c1-12-18(25-12)21-8-7-19-11-14(22)5-6-20(19,23)17(21)9-13-3-4-15(24-2)10-16(13)19/h3-4,10,12,17-18,23H,5-9,11H2,1-2H3/t12?,17-,18?,19-,20-/m1/s1. The number of piperidine rings is 1. The van der Waals surface area contributed by atoms with Gasteiger partial charge in [-0.3, -0.25) is 9.69 Å². The summed E-state index contributed by atoms with van der Waals surface area (Å²) in [5.74, 6) is 1.07. The number of methoxy groups -OCH3 is 1. The molecule has 3 fully saturated rings. The zero-order chi connectivity index (χ0) is 17.4. The van der Waals surface area contributed by atoms with Crippen molar-refractivity contribution in [3.63, 3.8) is 0 Å². The lowest BCUT2D eigenvalue weighted by atomic mass is 9.49. The molecule has 2 bridgehead atoms. The van der Waals surface area contributed by atoms with E-state index in [0.717, 1.165) is 30.7 Å². The average Bonchev–Trinajstić information content (AvgIpc) is 3.32. The van der Waals surface area contributed by atoms with Crippen LogP contribution in [0.4, 0.5) is 0 Å². The maximum absolute atomic E-state index is 12.4. The van der Waals surface area contributed by atoms with Crippen molar-refractivity contribution in [2.45, 2.75) is 68.4 Å². The van der Waals surface area contributed by atoms with Gasteiger partial charge in [0, 0.05) is 30.8 Å². The van der Waals surface area contributed by atoms with Gasteiger partial charge in [0.05, 0.1) is 18.8 Å². The number of benzene rings is 1. The van der Waals surface area contributed by atoms with Gasteiger partial charge in [-0.25, -0.2) is 0 Å². The molecule has 2 aliphatic heterocycles. The zero-order valence-corrected chi connectivity index (χ0v) is 14.8. The molecule has 2 heterocycles. The first-order chi connectivity index (χ1) is 12.0. The van der Waals surface area contributed by atoms with Crippen molar-refractivity contribution in [3.8, 4) is 5.75 Å². The van der Waals surface area contributed by atoms with Crippen molar-refractivity contribution in [2.24, 2.45) is 0 Å². The highest BCUT2D eigenvalue weighted by Gasteiger charge is 2.66. The Balaban J connectivity index is 1.68. The van der Waals surface area contributed by atoms with E-state index in [1.165, 1.54) is 5.56 Å². The predicted octanol–water partition coefficient (Wildman–Crippen LogP) is 1.79. The van der Waals surface area contributed by atoms with Gasteiger partial charge in [-0.1, -0.05) is 6.07 Å². The molecule has 1 aromatic rings. The average molecular weight is 343 g/mol. The number of carbonyl (C=O) groups excluding carboxylic acids is 1. The molecule has 2 aliphatic carbocycles. The summed E-state index contributed by atoms with van der Waals surface area (Å²) < 4.78 is 11.2. The molecule has 5 atom stereocenters. The lowest BCUT2D eigenvalue weighted by Gasteiger charge is -2.63. The first kappa shape index (κ1) is 15.8. The van der Waals surface area contributed by atoms with Crippen molar-refractivity contribution < 1.29 is 19.4 Å². The third-order valence-electron chi connectivity index (χ3n) is 7.11. The second-order valence-electron chi connectivity index (χ2n) is 8.18. The number of hydrogen-bond donors (Lipinski definition) is 1. The number of epoxide rings is 1. The molecule has 1 N–H and O–H groups in total. The van der Waals surface area contributed by atoms with Crippen LogP contribution in [0.15, 0.2) is 18.2 Å². The van der Waals surface area contributed by atoms with Crippen molar-refractivity contribution in [1.82, 2.24) is 4.90 Å². The van der Waals surface area contributed by atoms with Crippen molar-refractivity contribution >= 4 is 5.78 Å². The highest BCUT2D eigenvalue weighted by atomic mass is 16.6. The Morgan fingerprint density at radius 3 is 2.88 bits per heavy atom. The topological polar surface area (TPSA) is 62.3 Å². The van der Waals surface area contributed by atoms with Gasteiger partial charge >= 0.3 is 0 Å². The summed E-state index contributed by atoms with van der Waals surface area (Å²) in [6.07, 6.45) is 3.41. The molecule has 5 nitrogen and oxygen atoms in total. The van der Waals surface area contributed by atoms with E-state index in [9.17, 15) is 9.90 Å². The number of rotatable bonds is 2. The van der Waals surface area contributed by atoms with Crippen molar-refractivity contribution in [2.75, 3.05) is 13.7 Å². The fourth-order valence-electron chi connectivity index (χ4n) is 5.78. The number of ketones is 1. The Bertz CT molecular complexity index is 749. The van der Waals surface area contributed by atoms with E-state index >= 15 is 0 Å². The Hall–Kier alpha value is -1.43. The lowest BCUT2D eigenvalue weighted by Crippen LogP contribution is -2.73. The number of aliphatic hydroxyl groups is 1. The van der Waals surface area contributed by atoms with E-state index in [4.69, 9.17) is 9.47 Å². The van der Waals surface area contributed by atoms with Gasteiger partial charge in [-0.15, -0.1) is 0 Å². The van der Waals surface area contributed by atoms with Crippen LogP contribution in [-0.2, 0) is 21.4 Å². The molecule has 1 saturated carbocycles. The second-order valence-corrected chi connectivity index (χ2v) is 8.18. The molecule has 134 valence electrons. The van der Waals surface area contributed by atoms with Crippen LogP contribution >= 0.6 is 0 Å². The highest BCUT2D eigenvalue weighted by Crippen LogP contribution is 2.58. The van der Waals surface area contributed by atoms with E-state index in [0.29, 0.717) is 19.3 Å². The Morgan fingerprint density at radius 2 is 2.16 bits per heavy atom. The van der Waals surface area contributed by atoms with Crippen LogP contribution in [0, 0.1) is 0 Å². The molecule has 5 rings (SSSR count). The van der Waals surface area contributed by atoms with Gasteiger partial charge in [-0.2, -0.15) is 0 Å². The number of nitrogens with zero attached hydrogens (tertiary/aromatic N) is 1. The summed E-state index contributed by atoms with van der Waals surface area (Å²) in [5.41, 5.74) is 1.01. The molecule has 0 radical (unpaired) electrons. The fraction of sp³-hybridized carbons (Fsp3) is 0.650. The van der Waals surface area contributed by atoms with Gasteiger partial charge in [-0.05, 0) is 49.4 Å². The largest absolute Gasteiger partial charge is 0.497 e. The molecule has 1 aromatic carbocycles. The number of Topliss-reactive ketones (excluding diaryl/α,β-unsaturated/α-hetero) is 1. The van der Waals surface area contributed by atoms with E-state index in [1.54, 1.807) is 7.11 Å². The van der Waals surface area contributed by atoms with Gasteiger partial charge in [0.2, 0.25) is 0 Å². The number of hydrogen-bond acceptors (Lipinski definition) is 5. The minimum Gasteiger partial charge on any atom is -0.497 e. The molecule has 0 aromatic heterocycles.